The van der Waals surface area contributed by atoms with Crippen LogP contribution in [0.5, 0.6) is 0 Å². The Morgan fingerprint density at radius 2 is 2.27 bits per heavy atom. The van der Waals surface area contributed by atoms with E-state index < -0.39 is 5.60 Å². The number of rotatable bonds is 4. The Balaban J connectivity index is 1.85. The molecular formula is C16H26N2O3S. The van der Waals surface area contributed by atoms with Crippen LogP contribution < -0.4 is 5.32 Å². The van der Waals surface area contributed by atoms with Crippen molar-refractivity contribution < 1.29 is 14.3 Å². The Kier molecular flexibility index (Phi) is 5.83. The molecule has 1 atom stereocenters. The van der Waals surface area contributed by atoms with Crippen molar-refractivity contribution >= 4 is 17.4 Å². The highest BCUT2D eigenvalue weighted by Gasteiger charge is 2.30. The molecular weight excluding hydrogens is 300 g/mol. The number of nitrogens with one attached hydrogen (secondary N) is 1. The highest BCUT2D eigenvalue weighted by molar-refractivity contribution is 7.11. The van der Waals surface area contributed by atoms with Gasteiger partial charge in [0.15, 0.2) is 0 Å². The lowest BCUT2D eigenvalue weighted by atomic mass is 10.2. The first-order valence-electron chi connectivity index (χ1n) is 7.68. The minimum atomic E-state index is -0.470. The first-order valence-corrected chi connectivity index (χ1v) is 8.50. The second kappa shape index (κ2) is 7.44. The summed E-state index contributed by atoms with van der Waals surface area (Å²) in [7, 11) is 0. The monoisotopic (exact) mass is 326 g/mol. The molecule has 2 rings (SSSR count). The number of carbonyl (C=O) groups excluding carboxylic acids is 1. The number of nitrogens with zero attached hydrogens (tertiary/aromatic N) is 1. The van der Waals surface area contributed by atoms with Crippen LogP contribution in [0, 0.1) is 6.92 Å². The highest BCUT2D eigenvalue weighted by atomic mass is 32.1. The van der Waals surface area contributed by atoms with Gasteiger partial charge in [-0.3, -0.25) is 4.90 Å². The van der Waals surface area contributed by atoms with Crippen LogP contribution >= 0.6 is 11.3 Å². The molecule has 1 aliphatic heterocycles. The predicted octanol–water partition coefficient (Wildman–Crippen LogP) is 2.78. The molecule has 5 nitrogen and oxygen atoms in total. The smallest absolute Gasteiger partial charge is 0.410 e. The maximum absolute atomic E-state index is 12.3. The zero-order valence-corrected chi connectivity index (χ0v) is 14.7. The van der Waals surface area contributed by atoms with Crippen LogP contribution in [-0.4, -0.2) is 48.9 Å². The molecule has 0 aliphatic carbocycles. The third kappa shape index (κ3) is 5.26. The van der Waals surface area contributed by atoms with Crippen molar-refractivity contribution in [1.82, 2.24) is 10.2 Å². The molecule has 0 aromatic carbocycles. The van der Waals surface area contributed by atoms with Gasteiger partial charge in [0.25, 0.3) is 0 Å². The number of hydrogen-bond acceptors (Lipinski definition) is 5. The minimum Gasteiger partial charge on any atom is -0.444 e. The number of carbonyl (C=O) groups is 1. The van der Waals surface area contributed by atoms with E-state index in [0.717, 1.165) is 6.54 Å². The summed E-state index contributed by atoms with van der Waals surface area (Å²) in [4.78, 5) is 16.7. The molecule has 0 spiro atoms. The van der Waals surface area contributed by atoms with Crippen LogP contribution in [0.25, 0.3) is 0 Å². The topological polar surface area (TPSA) is 50.8 Å². The molecule has 1 aromatic rings. The van der Waals surface area contributed by atoms with E-state index >= 15 is 0 Å². The van der Waals surface area contributed by atoms with Gasteiger partial charge in [-0.1, -0.05) is 0 Å². The standard InChI is InChI=1S/C16H26N2O3S/c1-12-5-6-14(22-12)10-17-9-13-11-20-8-7-18(13)15(19)21-16(2,3)4/h5-6,13,17H,7-11H2,1-4H3. The van der Waals surface area contributed by atoms with E-state index in [-0.39, 0.29) is 12.1 Å². The van der Waals surface area contributed by atoms with Gasteiger partial charge in [-0.15, -0.1) is 11.3 Å². The van der Waals surface area contributed by atoms with Crippen molar-refractivity contribution in [3.8, 4) is 0 Å². The molecule has 1 amide bonds. The summed E-state index contributed by atoms with van der Waals surface area (Å²) in [6.07, 6.45) is -0.255. The van der Waals surface area contributed by atoms with Gasteiger partial charge >= 0.3 is 6.09 Å². The van der Waals surface area contributed by atoms with Gasteiger partial charge in [0.1, 0.15) is 5.60 Å². The van der Waals surface area contributed by atoms with Crippen LogP contribution in [0.2, 0.25) is 0 Å². The predicted molar refractivity (Wildman–Crippen MR) is 88.3 cm³/mol. The lowest BCUT2D eigenvalue weighted by Crippen LogP contribution is -2.53. The van der Waals surface area contributed by atoms with Crippen molar-refractivity contribution in [3.05, 3.63) is 21.9 Å². The Morgan fingerprint density at radius 1 is 1.50 bits per heavy atom. The normalized spacial score (nSPS) is 19.3. The van der Waals surface area contributed by atoms with Crippen molar-refractivity contribution in [2.45, 2.75) is 45.9 Å². The van der Waals surface area contributed by atoms with Crippen LogP contribution in [0.1, 0.15) is 30.5 Å². The fourth-order valence-electron chi connectivity index (χ4n) is 2.33. The van der Waals surface area contributed by atoms with Crippen LogP contribution in [0.4, 0.5) is 4.79 Å². The van der Waals surface area contributed by atoms with E-state index in [4.69, 9.17) is 9.47 Å². The quantitative estimate of drug-likeness (QED) is 0.924. The molecule has 6 heteroatoms. The molecule has 1 saturated heterocycles. The van der Waals surface area contributed by atoms with E-state index in [1.807, 2.05) is 20.8 Å². The van der Waals surface area contributed by atoms with Gasteiger partial charge in [-0.05, 0) is 39.8 Å². The molecule has 0 saturated carbocycles. The number of ether oxygens (including phenoxy) is 2. The maximum Gasteiger partial charge on any atom is 0.410 e. The molecule has 124 valence electrons. The second-order valence-electron chi connectivity index (χ2n) is 6.55. The van der Waals surface area contributed by atoms with Crippen LogP contribution in [0.15, 0.2) is 12.1 Å². The van der Waals surface area contributed by atoms with E-state index in [1.165, 1.54) is 9.75 Å². The first-order chi connectivity index (χ1) is 10.3. The molecule has 0 radical (unpaired) electrons. The zero-order chi connectivity index (χ0) is 16.2. The average molecular weight is 326 g/mol. The summed E-state index contributed by atoms with van der Waals surface area (Å²) in [6, 6.07) is 4.28. The molecule has 0 bridgehead atoms. The fourth-order valence-corrected chi connectivity index (χ4v) is 3.19. The van der Waals surface area contributed by atoms with E-state index in [2.05, 4.69) is 24.4 Å². The Hall–Kier alpha value is -1.11. The number of aryl methyl sites for hydroxylation is 1. The van der Waals surface area contributed by atoms with Gasteiger partial charge in [-0.25, -0.2) is 4.79 Å². The average Bonchev–Trinajstić information content (AvgIpc) is 2.83. The maximum atomic E-state index is 12.3. The first kappa shape index (κ1) is 17.2. The summed E-state index contributed by atoms with van der Waals surface area (Å²) >= 11 is 1.79. The summed E-state index contributed by atoms with van der Waals surface area (Å²) in [6.45, 7) is 11.0. The third-order valence-electron chi connectivity index (χ3n) is 3.33. The number of amides is 1. The van der Waals surface area contributed by atoms with Crippen molar-refractivity contribution in [1.29, 1.82) is 0 Å². The third-order valence-corrected chi connectivity index (χ3v) is 4.33. The molecule has 2 heterocycles. The molecule has 1 aliphatic rings. The lowest BCUT2D eigenvalue weighted by molar-refractivity contribution is -0.0317. The summed E-state index contributed by atoms with van der Waals surface area (Å²) in [5, 5.41) is 3.41. The molecule has 1 unspecified atom stereocenters. The van der Waals surface area contributed by atoms with Crippen LogP contribution in [-0.2, 0) is 16.0 Å². The Morgan fingerprint density at radius 3 is 2.91 bits per heavy atom. The summed E-state index contributed by atoms with van der Waals surface area (Å²) in [5.41, 5.74) is -0.470. The summed E-state index contributed by atoms with van der Waals surface area (Å²) in [5.74, 6) is 0. The van der Waals surface area contributed by atoms with Gasteiger partial charge in [0, 0.05) is 29.4 Å². The van der Waals surface area contributed by atoms with Gasteiger partial charge in [0.2, 0.25) is 0 Å². The Labute approximate surface area is 136 Å². The van der Waals surface area contributed by atoms with Gasteiger partial charge in [0.05, 0.1) is 19.3 Å². The van der Waals surface area contributed by atoms with Crippen LogP contribution in [0.3, 0.4) is 0 Å². The summed E-state index contributed by atoms with van der Waals surface area (Å²) < 4.78 is 11.0. The Bertz CT molecular complexity index is 496. The van der Waals surface area contributed by atoms with Gasteiger partial charge < -0.3 is 14.8 Å². The molecule has 1 aromatic heterocycles. The highest BCUT2D eigenvalue weighted by Crippen LogP contribution is 2.16. The lowest BCUT2D eigenvalue weighted by Gasteiger charge is -2.36. The van der Waals surface area contributed by atoms with Crippen molar-refractivity contribution in [2.75, 3.05) is 26.3 Å². The van der Waals surface area contributed by atoms with E-state index in [1.54, 1.807) is 16.2 Å². The molecule has 1 fully saturated rings. The van der Waals surface area contributed by atoms with Gasteiger partial charge in [-0.2, -0.15) is 0 Å². The van der Waals surface area contributed by atoms with Crippen molar-refractivity contribution in [2.24, 2.45) is 0 Å². The minimum absolute atomic E-state index is 0.0182. The molecule has 1 N–H and O–H groups in total. The second-order valence-corrected chi connectivity index (χ2v) is 7.92. The van der Waals surface area contributed by atoms with Crippen molar-refractivity contribution in [3.63, 3.8) is 0 Å². The number of hydrogen-bond donors (Lipinski definition) is 1. The number of morpholine rings is 1. The number of thiophene rings is 1. The molecule has 22 heavy (non-hydrogen) atoms. The largest absolute Gasteiger partial charge is 0.444 e. The zero-order valence-electron chi connectivity index (χ0n) is 13.8. The fraction of sp³-hybridized carbons (Fsp3) is 0.688. The SMILES string of the molecule is Cc1ccc(CNCC2COCCN2C(=O)OC(C)(C)C)s1. The van der Waals surface area contributed by atoms with E-state index in [9.17, 15) is 4.79 Å². The van der Waals surface area contributed by atoms with E-state index in [0.29, 0.717) is 26.3 Å².